The van der Waals surface area contributed by atoms with Crippen molar-refractivity contribution in [3.05, 3.63) is 0 Å². The smallest absolute Gasteiger partial charge is 0.408 e. The van der Waals surface area contributed by atoms with Gasteiger partial charge >= 0.3 is 23.7 Å². The molecule has 8 heteroatoms. The van der Waals surface area contributed by atoms with Crippen LogP contribution in [0.2, 0.25) is 0 Å². The molecule has 0 rings (SSSR count). The number of carboxylic acid groups (broad SMARTS) is 1. The second-order valence-corrected chi connectivity index (χ2v) is 5.11. The van der Waals surface area contributed by atoms with Gasteiger partial charge in [0.15, 0.2) is 0 Å². The molecular formula is C12H20FNO6. The minimum absolute atomic E-state index is 0.184. The zero-order chi connectivity index (χ0) is 16.1. The van der Waals surface area contributed by atoms with Gasteiger partial charge in [0.05, 0.1) is 12.6 Å². The zero-order valence-corrected chi connectivity index (χ0v) is 12.2. The molecule has 20 heavy (non-hydrogen) atoms. The van der Waals surface area contributed by atoms with E-state index >= 15 is 0 Å². The van der Waals surface area contributed by atoms with E-state index in [1.54, 1.807) is 20.8 Å². The normalized spacial score (nSPS) is 15.7. The van der Waals surface area contributed by atoms with Gasteiger partial charge in [-0.1, -0.05) is 0 Å². The fourth-order valence-electron chi connectivity index (χ4n) is 1.27. The molecule has 0 heterocycles. The number of halogens is 1. The Hall–Kier alpha value is -1.86. The Kier molecular flexibility index (Phi) is 5.93. The minimum Gasteiger partial charge on any atom is -0.478 e. The highest BCUT2D eigenvalue weighted by Gasteiger charge is 2.54. The first kappa shape index (κ1) is 18.1. The van der Waals surface area contributed by atoms with Gasteiger partial charge in [0, 0.05) is 0 Å². The molecule has 116 valence electrons. The van der Waals surface area contributed by atoms with Crippen LogP contribution in [-0.2, 0) is 19.1 Å². The van der Waals surface area contributed by atoms with E-state index in [-0.39, 0.29) is 6.61 Å². The molecule has 0 bridgehead atoms. The van der Waals surface area contributed by atoms with Crippen molar-refractivity contribution in [1.82, 2.24) is 5.32 Å². The minimum atomic E-state index is -3.38. The summed E-state index contributed by atoms with van der Waals surface area (Å²) in [7, 11) is 0. The van der Waals surface area contributed by atoms with Crippen LogP contribution < -0.4 is 5.32 Å². The number of hydrogen-bond acceptors (Lipinski definition) is 5. The van der Waals surface area contributed by atoms with Crippen LogP contribution in [0.25, 0.3) is 0 Å². The molecule has 7 nitrogen and oxygen atoms in total. The van der Waals surface area contributed by atoms with Crippen LogP contribution in [0, 0.1) is 0 Å². The number of amides is 1. The van der Waals surface area contributed by atoms with E-state index in [0.29, 0.717) is 0 Å². The highest BCUT2D eigenvalue weighted by Crippen LogP contribution is 2.20. The second-order valence-electron chi connectivity index (χ2n) is 5.11. The molecule has 0 aromatic heterocycles. The number of esters is 1. The average Bonchev–Trinajstić information content (AvgIpc) is 2.24. The van der Waals surface area contributed by atoms with Crippen molar-refractivity contribution in [3.8, 4) is 0 Å². The van der Waals surface area contributed by atoms with Crippen LogP contribution in [0.4, 0.5) is 9.18 Å². The topological polar surface area (TPSA) is 102 Å². The summed E-state index contributed by atoms with van der Waals surface area (Å²) in [4.78, 5) is 33.9. The van der Waals surface area contributed by atoms with E-state index in [2.05, 4.69) is 4.74 Å². The summed E-state index contributed by atoms with van der Waals surface area (Å²) in [6, 6.07) is -1.66. The highest BCUT2D eigenvalue weighted by molar-refractivity contribution is 6.04. The van der Waals surface area contributed by atoms with Crippen LogP contribution in [0.1, 0.15) is 34.6 Å². The first-order chi connectivity index (χ1) is 8.95. The maximum absolute atomic E-state index is 14.3. The number of nitrogens with one attached hydrogen (secondary N) is 1. The number of aliphatic carboxylic acids is 1. The average molecular weight is 293 g/mol. The van der Waals surface area contributed by atoms with Crippen LogP contribution in [0.15, 0.2) is 0 Å². The van der Waals surface area contributed by atoms with Crippen LogP contribution in [0.5, 0.6) is 0 Å². The fraction of sp³-hybridized carbons (Fsp3) is 0.750. The third kappa shape index (κ3) is 4.67. The van der Waals surface area contributed by atoms with Crippen LogP contribution in [-0.4, -0.2) is 47.1 Å². The van der Waals surface area contributed by atoms with Gasteiger partial charge in [0.1, 0.15) is 5.60 Å². The van der Waals surface area contributed by atoms with E-state index in [4.69, 9.17) is 9.84 Å². The molecule has 2 unspecified atom stereocenters. The molecule has 0 spiro atoms. The number of carboxylic acids is 1. The Morgan fingerprint density at radius 1 is 1.30 bits per heavy atom. The summed E-state index contributed by atoms with van der Waals surface area (Å²) >= 11 is 0. The molecule has 2 N–H and O–H groups in total. The summed E-state index contributed by atoms with van der Waals surface area (Å²) < 4.78 is 23.6. The van der Waals surface area contributed by atoms with Crippen molar-refractivity contribution in [2.24, 2.45) is 0 Å². The Morgan fingerprint density at radius 3 is 2.15 bits per heavy atom. The summed E-state index contributed by atoms with van der Waals surface area (Å²) in [6.07, 6.45) is -1.03. The first-order valence-electron chi connectivity index (χ1n) is 6.04. The molecule has 0 aliphatic rings. The fourth-order valence-corrected chi connectivity index (χ4v) is 1.27. The molecular weight excluding hydrogens is 273 g/mol. The predicted octanol–water partition coefficient (Wildman–Crippen LogP) is 1.26. The van der Waals surface area contributed by atoms with Gasteiger partial charge in [0.25, 0.3) is 0 Å². The molecule has 0 aromatic carbocycles. The van der Waals surface area contributed by atoms with Gasteiger partial charge in [-0.2, -0.15) is 0 Å². The Balaban J connectivity index is 5.00. The standard InChI is InChI=1S/C12H20FNO6/c1-6-19-9(17)12(13,8(15)16)7(2)14-10(18)20-11(3,4)5/h7H,6H2,1-5H3,(H,14,18)(H,15,16). The summed E-state index contributed by atoms with van der Waals surface area (Å²) in [5.74, 6) is -3.62. The molecule has 0 fully saturated rings. The maximum atomic E-state index is 14.3. The lowest BCUT2D eigenvalue weighted by atomic mass is 9.98. The Morgan fingerprint density at radius 2 is 1.80 bits per heavy atom. The van der Waals surface area contributed by atoms with Crippen molar-refractivity contribution < 1.29 is 33.4 Å². The lowest BCUT2D eigenvalue weighted by Gasteiger charge is -2.27. The van der Waals surface area contributed by atoms with Crippen LogP contribution >= 0.6 is 0 Å². The number of alkyl halides is 1. The summed E-state index contributed by atoms with van der Waals surface area (Å²) in [6.45, 7) is 7.02. The number of hydrogen-bond donors (Lipinski definition) is 2. The number of carbonyl (C=O) groups is 3. The zero-order valence-electron chi connectivity index (χ0n) is 12.2. The third-order valence-corrected chi connectivity index (χ3v) is 2.21. The Labute approximate surface area is 116 Å². The monoisotopic (exact) mass is 293 g/mol. The van der Waals surface area contributed by atoms with Gasteiger partial charge in [-0.15, -0.1) is 0 Å². The van der Waals surface area contributed by atoms with Gasteiger partial charge in [-0.3, -0.25) is 0 Å². The molecule has 1 amide bonds. The third-order valence-electron chi connectivity index (χ3n) is 2.21. The molecule has 0 saturated heterocycles. The summed E-state index contributed by atoms with van der Waals surface area (Å²) in [5, 5.41) is 10.9. The van der Waals surface area contributed by atoms with Gasteiger partial charge < -0.3 is 19.9 Å². The summed E-state index contributed by atoms with van der Waals surface area (Å²) in [5.41, 5.74) is -4.22. The Bertz CT molecular complexity index is 392. The molecule has 0 aromatic rings. The maximum Gasteiger partial charge on any atom is 0.408 e. The number of ether oxygens (including phenoxy) is 2. The van der Waals surface area contributed by atoms with Gasteiger partial charge in [0.2, 0.25) is 0 Å². The van der Waals surface area contributed by atoms with Gasteiger partial charge in [-0.25, -0.2) is 18.8 Å². The molecule has 0 aliphatic heterocycles. The quantitative estimate of drug-likeness (QED) is 0.584. The molecule has 2 atom stereocenters. The lowest BCUT2D eigenvalue weighted by Crippen LogP contribution is -2.59. The van der Waals surface area contributed by atoms with Gasteiger partial charge in [-0.05, 0) is 34.6 Å². The van der Waals surface area contributed by atoms with Crippen molar-refractivity contribution in [1.29, 1.82) is 0 Å². The number of rotatable bonds is 5. The van der Waals surface area contributed by atoms with E-state index in [1.165, 1.54) is 6.92 Å². The van der Waals surface area contributed by atoms with E-state index in [0.717, 1.165) is 6.92 Å². The van der Waals surface area contributed by atoms with Crippen molar-refractivity contribution in [2.75, 3.05) is 6.61 Å². The second kappa shape index (κ2) is 6.53. The van der Waals surface area contributed by atoms with Crippen molar-refractivity contribution >= 4 is 18.0 Å². The van der Waals surface area contributed by atoms with Crippen LogP contribution in [0.3, 0.4) is 0 Å². The number of carbonyl (C=O) groups excluding carboxylic acids is 2. The lowest BCUT2D eigenvalue weighted by molar-refractivity contribution is -0.173. The van der Waals surface area contributed by atoms with Crippen molar-refractivity contribution in [3.63, 3.8) is 0 Å². The molecule has 0 radical (unpaired) electrons. The van der Waals surface area contributed by atoms with E-state index < -0.39 is 35.3 Å². The predicted molar refractivity (Wildman–Crippen MR) is 66.9 cm³/mol. The SMILES string of the molecule is CCOC(=O)C(F)(C(=O)O)C(C)NC(=O)OC(C)(C)C. The first-order valence-corrected chi connectivity index (χ1v) is 6.04. The largest absolute Gasteiger partial charge is 0.478 e. The van der Waals surface area contributed by atoms with E-state index in [1.807, 2.05) is 5.32 Å². The highest BCUT2D eigenvalue weighted by atomic mass is 19.1. The van der Waals surface area contributed by atoms with E-state index in [9.17, 15) is 18.8 Å². The number of alkyl carbamates (subject to hydrolysis) is 1. The molecule has 0 aliphatic carbocycles. The van der Waals surface area contributed by atoms with Crippen molar-refractivity contribution in [2.45, 2.75) is 51.9 Å². The molecule has 0 saturated carbocycles.